The van der Waals surface area contributed by atoms with Crippen LogP contribution in [0.3, 0.4) is 0 Å². The van der Waals surface area contributed by atoms with Gasteiger partial charge in [-0.05, 0) is 56.5 Å². The first-order valence-corrected chi connectivity index (χ1v) is 8.22. The smallest absolute Gasteiger partial charge is 0.0469 e. The van der Waals surface area contributed by atoms with Gasteiger partial charge in [-0.1, -0.05) is 28.1 Å². The zero-order valence-electron chi connectivity index (χ0n) is 12.2. The third-order valence-electron chi connectivity index (χ3n) is 4.01. The molecule has 1 aromatic carbocycles. The molecule has 0 saturated carbocycles. The second kappa shape index (κ2) is 8.13. The Labute approximate surface area is 130 Å². The lowest BCUT2D eigenvalue weighted by atomic mass is 9.99. The molecule has 1 aromatic rings. The normalized spacial score (nSPS) is 18.4. The van der Waals surface area contributed by atoms with Gasteiger partial charge >= 0.3 is 0 Å². The van der Waals surface area contributed by atoms with E-state index in [1.54, 1.807) is 0 Å². The van der Waals surface area contributed by atoms with Crippen molar-refractivity contribution in [2.45, 2.75) is 25.3 Å². The van der Waals surface area contributed by atoms with Crippen LogP contribution in [0.2, 0.25) is 0 Å². The molecule has 0 aromatic heterocycles. The van der Waals surface area contributed by atoms with Gasteiger partial charge in [-0.15, -0.1) is 0 Å². The van der Waals surface area contributed by atoms with Crippen molar-refractivity contribution in [3.05, 3.63) is 34.3 Å². The second-order valence-electron chi connectivity index (χ2n) is 5.77. The second-order valence-corrected chi connectivity index (χ2v) is 6.68. The van der Waals surface area contributed by atoms with E-state index in [0.29, 0.717) is 0 Å². The quantitative estimate of drug-likeness (QED) is 0.864. The molecule has 1 atom stereocenters. The molecule has 0 bridgehead atoms. The Balaban J connectivity index is 1.73. The van der Waals surface area contributed by atoms with E-state index in [1.165, 1.54) is 18.4 Å². The molecule has 2 N–H and O–H groups in total. The largest absolute Gasteiger partial charge is 0.381 e. The van der Waals surface area contributed by atoms with Crippen LogP contribution in [0.5, 0.6) is 0 Å². The van der Waals surface area contributed by atoms with E-state index in [0.717, 1.165) is 43.1 Å². The Morgan fingerprint density at radius 3 is 2.85 bits per heavy atom. The Kier molecular flexibility index (Phi) is 6.49. The summed E-state index contributed by atoms with van der Waals surface area (Å²) in [6, 6.07) is 8.42. The molecule has 0 amide bonds. The fourth-order valence-electron chi connectivity index (χ4n) is 2.72. The van der Waals surface area contributed by atoms with Gasteiger partial charge in [0.25, 0.3) is 0 Å². The molecule has 0 radical (unpaired) electrons. The number of halogens is 1. The number of nitrogens with two attached hydrogens (primary N) is 1. The summed E-state index contributed by atoms with van der Waals surface area (Å²) < 4.78 is 6.50. The van der Waals surface area contributed by atoms with Gasteiger partial charge in [-0.25, -0.2) is 0 Å². The fourth-order valence-corrected chi connectivity index (χ4v) is 3.14. The van der Waals surface area contributed by atoms with Gasteiger partial charge in [0.05, 0.1) is 0 Å². The molecule has 1 fully saturated rings. The van der Waals surface area contributed by atoms with E-state index in [1.807, 2.05) is 12.1 Å². The number of hydrogen-bond acceptors (Lipinski definition) is 3. The average Bonchev–Trinajstić information content (AvgIpc) is 2.46. The van der Waals surface area contributed by atoms with Gasteiger partial charge < -0.3 is 15.4 Å². The molecule has 1 heterocycles. The van der Waals surface area contributed by atoms with Crippen molar-refractivity contribution in [3.63, 3.8) is 0 Å². The molecule has 20 heavy (non-hydrogen) atoms. The Bertz CT molecular complexity index is 407. The van der Waals surface area contributed by atoms with E-state index >= 15 is 0 Å². The highest BCUT2D eigenvalue weighted by Crippen LogP contribution is 2.20. The zero-order chi connectivity index (χ0) is 14.4. The van der Waals surface area contributed by atoms with Gasteiger partial charge in [0, 0.05) is 30.3 Å². The van der Waals surface area contributed by atoms with Gasteiger partial charge in [-0.2, -0.15) is 0 Å². The summed E-state index contributed by atoms with van der Waals surface area (Å²) in [7, 11) is 2.20. The number of benzene rings is 1. The van der Waals surface area contributed by atoms with Crippen LogP contribution >= 0.6 is 15.9 Å². The summed E-state index contributed by atoms with van der Waals surface area (Å²) >= 11 is 3.50. The predicted molar refractivity (Wildman–Crippen MR) is 86.7 cm³/mol. The van der Waals surface area contributed by atoms with Crippen LogP contribution < -0.4 is 5.73 Å². The first-order valence-electron chi connectivity index (χ1n) is 7.42. The Hall–Kier alpha value is -0.420. The molecule has 0 aliphatic carbocycles. The van der Waals surface area contributed by atoms with Crippen molar-refractivity contribution in [2.24, 2.45) is 11.7 Å². The molecular formula is C16H25BrN2O. The van der Waals surface area contributed by atoms with Crippen LogP contribution in [0, 0.1) is 5.92 Å². The first kappa shape index (κ1) is 16.0. The number of rotatable bonds is 6. The van der Waals surface area contributed by atoms with Gasteiger partial charge in [0.1, 0.15) is 0 Å². The van der Waals surface area contributed by atoms with Crippen LogP contribution in [-0.4, -0.2) is 38.3 Å². The minimum atomic E-state index is 0.115. The van der Waals surface area contributed by atoms with Gasteiger partial charge in [-0.3, -0.25) is 0 Å². The monoisotopic (exact) mass is 340 g/mol. The highest BCUT2D eigenvalue weighted by Gasteiger charge is 2.16. The summed E-state index contributed by atoms with van der Waals surface area (Å²) in [4.78, 5) is 2.41. The van der Waals surface area contributed by atoms with Gasteiger partial charge in [0.2, 0.25) is 0 Å². The summed E-state index contributed by atoms with van der Waals surface area (Å²) in [5.41, 5.74) is 7.49. The van der Waals surface area contributed by atoms with Crippen molar-refractivity contribution >= 4 is 15.9 Å². The molecule has 1 aliphatic heterocycles. The summed E-state index contributed by atoms with van der Waals surface area (Å²) in [6.45, 7) is 4.06. The van der Waals surface area contributed by atoms with Gasteiger partial charge in [0.15, 0.2) is 0 Å². The molecule has 0 spiro atoms. The zero-order valence-corrected chi connectivity index (χ0v) is 13.8. The van der Waals surface area contributed by atoms with E-state index < -0.39 is 0 Å². The van der Waals surface area contributed by atoms with E-state index in [4.69, 9.17) is 10.5 Å². The molecular weight excluding hydrogens is 316 g/mol. The van der Waals surface area contributed by atoms with E-state index in [-0.39, 0.29) is 6.04 Å². The molecule has 4 heteroatoms. The first-order chi connectivity index (χ1) is 9.65. The van der Waals surface area contributed by atoms with Crippen molar-refractivity contribution < 1.29 is 4.74 Å². The van der Waals surface area contributed by atoms with Crippen LogP contribution in [0.1, 0.15) is 30.9 Å². The third kappa shape index (κ3) is 5.17. The minimum absolute atomic E-state index is 0.115. The van der Waals surface area contributed by atoms with E-state index in [2.05, 4.69) is 40.0 Å². The third-order valence-corrected chi connectivity index (χ3v) is 4.50. The number of ether oxygens (including phenoxy) is 1. The van der Waals surface area contributed by atoms with Crippen molar-refractivity contribution in [1.82, 2.24) is 4.90 Å². The number of hydrogen-bond donors (Lipinski definition) is 1. The molecule has 3 nitrogen and oxygen atoms in total. The summed E-state index contributed by atoms with van der Waals surface area (Å²) in [5.74, 6) is 0.788. The van der Waals surface area contributed by atoms with Crippen LogP contribution in [-0.2, 0) is 4.74 Å². The maximum atomic E-state index is 6.28. The summed E-state index contributed by atoms with van der Waals surface area (Å²) in [6.07, 6.45) is 3.39. The Morgan fingerprint density at radius 1 is 1.40 bits per heavy atom. The molecule has 2 rings (SSSR count). The maximum Gasteiger partial charge on any atom is 0.0469 e. The average molecular weight is 341 g/mol. The van der Waals surface area contributed by atoms with Crippen LogP contribution in [0.25, 0.3) is 0 Å². The van der Waals surface area contributed by atoms with Crippen molar-refractivity contribution in [1.29, 1.82) is 0 Å². The topological polar surface area (TPSA) is 38.5 Å². The van der Waals surface area contributed by atoms with E-state index in [9.17, 15) is 0 Å². The van der Waals surface area contributed by atoms with Crippen LogP contribution in [0.15, 0.2) is 28.7 Å². The SMILES string of the molecule is CN(CCC(N)c1cccc(Br)c1)CC1CCOCC1. The lowest BCUT2D eigenvalue weighted by Gasteiger charge is -2.27. The molecule has 1 aliphatic rings. The van der Waals surface area contributed by atoms with Crippen LogP contribution in [0.4, 0.5) is 0 Å². The highest BCUT2D eigenvalue weighted by molar-refractivity contribution is 9.10. The molecule has 112 valence electrons. The highest BCUT2D eigenvalue weighted by atomic mass is 79.9. The molecule has 1 unspecified atom stereocenters. The molecule has 1 saturated heterocycles. The Morgan fingerprint density at radius 2 is 2.15 bits per heavy atom. The lowest BCUT2D eigenvalue weighted by molar-refractivity contribution is 0.0554. The van der Waals surface area contributed by atoms with Crippen molar-refractivity contribution in [2.75, 3.05) is 33.4 Å². The maximum absolute atomic E-state index is 6.28. The number of nitrogens with zero attached hydrogens (tertiary/aromatic N) is 1. The fraction of sp³-hybridized carbons (Fsp3) is 0.625. The minimum Gasteiger partial charge on any atom is -0.381 e. The lowest BCUT2D eigenvalue weighted by Crippen LogP contribution is -2.31. The summed E-state index contributed by atoms with van der Waals surface area (Å²) in [5, 5.41) is 0. The standard InChI is InChI=1S/C16H25BrN2O/c1-19(12-13-6-9-20-10-7-13)8-5-16(18)14-3-2-4-15(17)11-14/h2-4,11,13,16H,5-10,12,18H2,1H3. The predicted octanol–water partition coefficient (Wildman–Crippen LogP) is 3.20. The van der Waals surface area contributed by atoms with Crippen molar-refractivity contribution in [3.8, 4) is 0 Å².